The summed E-state index contributed by atoms with van der Waals surface area (Å²) in [5.41, 5.74) is 1.27. The number of hydrogen-bond acceptors (Lipinski definition) is 13. The van der Waals surface area contributed by atoms with Crippen LogP contribution in [0, 0.1) is 0 Å². The number of ether oxygens (including phenoxy) is 4. The molecule has 1 unspecified atom stereocenters. The van der Waals surface area contributed by atoms with Crippen molar-refractivity contribution in [2.24, 2.45) is 0 Å². The van der Waals surface area contributed by atoms with Crippen molar-refractivity contribution in [2.45, 2.75) is 12.6 Å². The lowest BCUT2D eigenvalue weighted by atomic mass is 9.91. The van der Waals surface area contributed by atoms with Gasteiger partial charge in [-0.25, -0.2) is 26.4 Å². The molecule has 0 amide bonds. The molecule has 47 heavy (non-hydrogen) atoms. The summed E-state index contributed by atoms with van der Waals surface area (Å²) in [7, 11) is -6.96. The molecule has 1 N–H and O–H groups in total. The maximum absolute atomic E-state index is 13.7. The average molecular weight is 769 g/mol. The van der Waals surface area contributed by atoms with E-state index < -0.39 is 62.4 Å². The molecule has 0 saturated heterocycles. The molecule has 0 radical (unpaired) electrons. The number of nitrogens with zero attached hydrogens (tertiary/aromatic N) is 1. The highest BCUT2D eigenvalue weighted by Crippen LogP contribution is 2.42. The van der Waals surface area contributed by atoms with Crippen LogP contribution in [0.2, 0.25) is 0 Å². The Balaban J connectivity index is 1.69. The van der Waals surface area contributed by atoms with Gasteiger partial charge in [0.25, 0.3) is 0 Å². The van der Waals surface area contributed by atoms with Gasteiger partial charge in [-0.05, 0) is 58.5 Å². The first-order valence-corrected chi connectivity index (χ1v) is 19.8. The number of sulfone groups is 2. The van der Waals surface area contributed by atoms with E-state index in [9.17, 15) is 31.5 Å². The SMILES string of the molecule is CS(=O)(=O)CCOC(=O)C1=Cc2ccc(O)cc2C(c2cccs2)N(Cc2cc3c(cc2Br)OCO3)C=C1C(=O)OCCS(C)(=O)=O. The first kappa shape index (κ1) is 34.5. The molecule has 12 nitrogen and oxygen atoms in total. The van der Waals surface area contributed by atoms with Crippen LogP contribution >= 0.6 is 27.3 Å². The second kappa shape index (κ2) is 14.1. The molecule has 250 valence electrons. The number of carbonyl (C=O) groups is 2. The van der Waals surface area contributed by atoms with Gasteiger partial charge in [0, 0.05) is 34.6 Å². The van der Waals surface area contributed by atoms with E-state index in [1.54, 1.807) is 29.2 Å². The molecule has 16 heteroatoms. The number of phenolic OH excluding ortho intramolecular Hbond substituents is 1. The molecular formula is C31H30BrNO11S3. The molecule has 2 aromatic carbocycles. The van der Waals surface area contributed by atoms with Gasteiger partial charge in [-0.15, -0.1) is 11.3 Å². The highest BCUT2D eigenvalue weighted by Gasteiger charge is 2.33. The van der Waals surface area contributed by atoms with E-state index >= 15 is 0 Å². The number of rotatable bonds is 11. The van der Waals surface area contributed by atoms with E-state index in [2.05, 4.69) is 15.9 Å². The first-order valence-electron chi connectivity index (χ1n) is 14.0. The summed E-state index contributed by atoms with van der Waals surface area (Å²) < 4.78 is 69.5. The molecule has 3 aromatic rings. The molecule has 0 saturated carbocycles. The van der Waals surface area contributed by atoms with Gasteiger partial charge in [0.1, 0.15) is 19.0 Å². The fraction of sp³-hybridized carbons (Fsp3) is 0.290. The third-order valence-electron chi connectivity index (χ3n) is 7.10. The fourth-order valence-corrected chi connectivity index (χ4v) is 6.97. The van der Waals surface area contributed by atoms with Gasteiger partial charge >= 0.3 is 11.9 Å². The van der Waals surface area contributed by atoms with Crippen LogP contribution < -0.4 is 9.47 Å². The minimum Gasteiger partial charge on any atom is -0.508 e. The summed E-state index contributed by atoms with van der Waals surface area (Å²) in [6, 6.07) is 11.3. The van der Waals surface area contributed by atoms with Gasteiger partial charge in [0.15, 0.2) is 31.2 Å². The van der Waals surface area contributed by atoms with Gasteiger partial charge in [-0.3, -0.25) is 0 Å². The topological polar surface area (TPSA) is 163 Å². The smallest absolute Gasteiger partial charge is 0.340 e. The van der Waals surface area contributed by atoms with Gasteiger partial charge in [-0.2, -0.15) is 0 Å². The summed E-state index contributed by atoms with van der Waals surface area (Å²) in [6.07, 6.45) is 4.85. The Morgan fingerprint density at radius 2 is 1.60 bits per heavy atom. The van der Waals surface area contributed by atoms with Crippen molar-refractivity contribution in [3.8, 4) is 17.2 Å². The number of fused-ring (bicyclic) bond motifs is 2. The lowest BCUT2D eigenvalue weighted by Gasteiger charge is -2.34. The maximum atomic E-state index is 13.7. The second-order valence-electron chi connectivity index (χ2n) is 10.8. The van der Waals surface area contributed by atoms with E-state index in [0.717, 1.165) is 23.0 Å². The van der Waals surface area contributed by atoms with Crippen molar-refractivity contribution in [1.29, 1.82) is 0 Å². The van der Waals surface area contributed by atoms with Gasteiger partial charge in [-0.1, -0.05) is 28.1 Å². The maximum Gasteiger partial charge on any atom is 0.340 e. The summed E-state index contributed by atoms with van der Waals surface area (Å²) in [4.78, 5) is 30.0. The van der Waals surface area contributed by atoms with Crippen LogP contribution in [0.1, 0.15) is 27.6 Å². The van der Waals surface area contributed by atoms with Crippen molar-refractivity contribution >= 4 is 65.0 Å². The normalized spacial score (nSPS) is 16.0. The monoisotopic (exact) mass is 767 g/mol. The number of aromatic hydroxyl groups is 1. The lowest BCUT2D eigenvalue weighted by Crippen LogP contribution is -2.29. The molecule has 0 fully saturated rings. The standard InChI is InChI=1S/C31H30BrNO11S3/c1-46(37,38)10-7-41-30(35)23-12-19-5-6-21(34)14-22(19)29(28-4-3-9-45-28)33(17-24(23)31(36)42-8-11-47(2,39)40)16-20-13-26-27(15-25(20)32)44-18-43-26/h3-6,9,12-15,17,29,34H,7-8,10-11,16,18H2,1-2H3. The molecule has 0 aliphatic carbocycles. The zero-order chi connectivity index (χ0) is 33.9. The van der Waals surface area contributed by atoms with Crippen LogP contribution in [0.25, 0.3) is 6.08 Å². The van der Waals surface area contributed by atoms with Crippen LogP contribution in [-0.4, -0.2) is 82.8 Å². The number of halogens is 1. The molecule has 0 bridgehead atoms. The lowest BCUT2D eigenvalue weighted by molar-refractivity contribution is -0.142. The zero-order valence-corrected chi connectivity index (χ0v) is 29.2. The van der Waals surface area contributed by atoms with Crippen molar-refractivity contribution < 1.29 is 50.5 Å². The zero-order valence-electron chi connectivity index (χ0n) is 25.2. The summed E-state index contributed by atoms with van der Waals surface area (Å²) >= 11 is 5.04. The molecular weight excluding hydrogens is 738 g/mol. The third kappa shape index (κ3) is 8.74. The van der Waals surface area contributed by atoms with Gasteiger partial charge in [0.05, 0.1) is 28.7 Å². The number of phenols is 1. The number of carbonyl (C=O) groups excluding carboxylic acids is 2. The average Bonchev–Trinajstić information content (AvgIpc) is 3.66. The van der Waals surface area contributed by atoms with Gasteiger partial charge < -0.3 is 29.0 Å². The number of esters is 2. The third-order valence-corrected chi connectivity index (χ3v) is 10.6. The second-order valence-corrected chi connectivity index (χ2v) is 17.2. The van der Waals surface area contributed by atoms with Crippen molar-refractivity contribution in [3.63, 3.8) is 0 Å². The van der Waals surface area contributed by atoms with Gasteiger partial charge in [0.2, 0.25) is 6.79 Å². The van der Waals surface area contributed by atoms with Crippen molar-refractivity contribution in [2.75, 3.05) is 44.0 Å². The van der Waals surface area contributed by atoms with E-state index in [1.165, 1.54) is 29.7 Å². The Hall–Kier alpha value is -3.86. The number of thiophene rings is 1. The first-order chi connectivity index (χ1) is 22.2. The van der Waals surface area contributed by atoms with Crippen LogP contribution in [0.3, 0.4) is 0 Å². The molecule has 1 aromatic heterocycles. The molecule has 5 rings (SSSR count). The number of hydrogen-bond donors (Lipinski definition) is 1. The minimum absolute atomic E-state index is 0.0369. The Kier molecular flexibility index (Phi) is 10.3. The summed E-state index contributed by atoms with van der Waals surface area (Å²) in [6.45, 7) is -0.763. The molecule has 2 aliphatic heterocycles. The Morgan fingerprint density at radius 1 is 0.957 bits per heavy atom. The number of benzene rings is 2. The van der Waals surface area contributed by atoms with E-state index in [-0.39, 0.29) is 30.2 Å². The minimum atomic E-state index is -3.48. The highest BCUT2D eigenvalue weighted by molar-refractivity contribution is 9.10. The van der Waals surface area contributed by atoms with E-state index in [0.29, 0.717) is 27.1 Å². The Labute approximate surface area is 284 Å². The van der Waals surface area contributed by atoms with E-state index in [4.69, 9.17) is 18.9 Å². The Bertz CT molecular complexity index is 1970. The van der Waals surface area contributed by atoms with Crippen molar-refractivity contribution in [1.82, 2.24) is 4.90 Å². The predicted octanol–water partition coefficient (Wildman–Crippen LogP) is 3.99. The molecule has 0 spiro atoms. The largest absolute Gasteiger partial charge is 0.508 e. The van der Waals surface area contributed by atoms with Crippen LogP contribution in [-0.2, 0) is 45.3 Å². The quantitative estimate of drug-likeness (QED) is 0.280. The van der Waals surface area contributed by atoms with Crippen molar-refractivity contribution in [3.05, 3.63) is 91.2 Å². The molecule has 2 aliphatic rings. The van der Waals surface area contributed by atoms with Crippen LogP contribution in [0.15, 0.2) is 69.7 Å². The summed E-state index contributed by atoms with van der Waals surface area (Å²) in [5.74, 6) is -1.87. The molecule has 1 atom stereocenters. The fourth-order valence-electron chi connectivity index (χ4n) is 4.89. The highest BCUT2D eigenvalue weighted by atomic mass is 79.9. The Morgan fingerprint density at radius 3 is 2.21 bits per heavy atom. The van der Waals surface area contributed by atoms with Crippen LogP contribution in [0.4, 0.5) is 0 Å². The summed E-state index contributed by atoms with van der Waals surface area (Å²) in [5, 5.41) is 12.5. The predicted molar refractivity (Wildman–Crippen MR) is 177 cm³/mol. The van der Waals surface area contributed by atoms with Crippen LogP contribution in [0.5, 0.6) is 17.2 Å². The molecule has 3 heterocycles. The van der Waals surface area contributed by atoms with E-state index in [1.807, 2.05) is 17.5 Å².